The molecule has 0 aliphatic carbocycles. The lowest BCUT2D eigenvalue weighted by atomic mass is 10.1. The molecule has 7 nitrogen and oxygen atoms in total. The molecule has 0 aliphatic heterocycles. The molecule has 3 aromatic rings. The van der Waals surface area contributed by atoms with Crippen molar-refractivity contribution in [1.82, 2.24) is 9.72 Å². The van der Waals surface area contributed by atoms with E-state index < -0.39 is 5.97 Å². The average molecular weight is 370 g/mol. The van der Waals surface area contributed by atoms with Gasteiger partial charge in [0.2, 0.25) is 5.78 Å². The van der Waals surface area contributed by atoms with Crippen LogP contribution in [0.1, 0.15) is 56.2 Å². The van der Waals surface area contributed by atoms with Crippen LogP contribution < -0.4 is 0 Å². The maximum Gasteiger partial charge on any atom is 0.344 e. The minimum absolute atomic E-state index is 0.255. The molecule has 27 heavy (non-hydrogen) atoms. The Hall–Kier alpha value is -3.09. The highest BCUT2D eigenvalue weighted by Crippen LogP contribution is 2.19. The number of rotatable bonds is 7. The first kappa shape index (κ1) is 18.7. The predicted octanol–water partition coefficient (Wildman–Crippen LogP) is 3.64. The molecule has 3 rings (SSSR count). The first-order chi connectivity index (χ1) is 12.9. The summed E-state index contributed by atoms with van der Waals surface area (Å²) in [4.78, 5) is 24.9. The molecule has 0 fully saturated rings. The fraction of sp³-hybridized carbons (Fsp3) is 0.350. The van der Waals surface area contributed by atoms with Crippen molar-refractivity contribution in [3.05, 3.63) is 64.2 Å². The molecule has 0 radical (unpaired) electrons. The van der Waals surface area contributed by atoms with Crippen LogP contribution in [0.2, 0.25) is 0 Å². The number of hydrogen-bond donors (Lipinski definition) is 0. The monoisotopic (exact) mass is 370 g/mol. The second-order valence-electron chi connectivity index (χ2n) is 6.36. The van der Waals surface area contributed by atoms with Crippen LogP contribution in [-0.4, -0.2) is 28.1 Å². The van der Waals surface area contributed by atoms with Gasteiger partial charge in [0.15, 0.2) is 6.61 Å². The lowest BCUT2D eigenvalue weighted by Gasteiger charge is -2.08. The molecule has 3 heterocycles. The van der Waals surface area contributed by atoms with E-state index in [0.29, 0.717) is 35.5 Å². The Morgan fingerprint density at radius 2 is 2.04 bits per heavy atom. The van der Waals surface area contributed by atoms with Crippen LogP contribution in [0, 0.1) is 20.8 Å². The Labute approximate surface area is 156 Å². The number of ether oxygens (including phenoxy) is 1. The van der Waals surface area contributed by atoms with E-state index in [2.05, 4.69) is 5.16 Å². The van der Waals surface area contributed by atoms with E-state index in [-0.39, 0.29) is 12.4 Å². The molecule has 0 bridgehead atoms. The van der Waals surface area contributed by atoms with Crippen LogP contribution in [-0.2, 0) is 17.7 Å². The number of ketones is 1. The zero-order chi connectivity index (χ0) is 19.6. The van der Waals surface area contributed by atoms with Gasteiger partial charge in [-0.15, -0.1) is 0 Å². The summed E-state index contributed by atoms with van der Waals surface area (Å²) < 4.78 is 17.6. The van der Waals surface area contributed by atoms with Crippen LogP contribution in [0.15, 0.2) is 33.4 Å². The number of nitrogens with zero attached hydrogens (tertiary/aromatic N) is 2. The predicted molar refractivity (Wildman–Crippen MR) is 96.9 cm³/mol. The summed E-state index contributed by atoms with van der Waals surface area (Å²) in [5, 5.41) is 3.83. The minimum atomic E-state index is -0.594. The van der Waals surface area contributed by atoms with Crippen molar-refractivity contribution in [3.8, 4) is 0 Å². The van der Waals surface area contributed by atoms with Gasteiger partial charge in [0.05, 0.1) is 18.5 Å². The summed E-state index contributed by atoms with van der Waals surface area (Å²) in [5.74, 6) is 0.343. The summed E-state index contributed by atoms with van der Waals surface area (Å²) >= 11 is 0. The number of carbonyl (C=O) groups excluding carboxylic acids is 2. The highest BCUT2D eigenvalue weighted by molar-refractivity contribution is 6.00. The summed E-state index contributed by atoms with van der Waals surface area (Å²) in [6, 6.07) is 5.51. The van der Waals surface area contributed by atoms with Crippen molar-refractivity contribution in [2.75, 3.05) is 6.61 Å². The fourth-order valence-electron chi connectivity index (χ4n) is 3.09. The quantitative estimate of drug-likeness (QED) is 0.466. The Morgan fingerprint density at radius 1 is 1.26 bits per heavy atom. The van der Waals surface area contributed by atoms with Crippen molar-refractivity contribution < 1.29 is 23.3 Å². The molecule has 0 atom stereocenters. The number of aromatic nitrogens is 2. The molecule has 142 valence electrons. The van der Waals surface area contributed by atoms with Crippen molar-refractivity contribution in [2.45, 2.75) is 40.7 Å². The molecule has 0 aromatic carbocycles. The third kappa shape index (κ3) is 3.72. The van der Waals surface area contributed by atoms with Gasteiger partial charge in [0.25, 0.3) is 0 Å². The Balaban J connectivity index is 1.71. The second kappa shape index (κ2) is 7.65. The zero-order valence-electron chi connectivity index (χ0n) is 15.9. The van der Waals surface area contributed by atoms with E-state index in [1.165, 1.54) is 0 Å². The van der Waals surface area contributed by atoms with Crippen LogP contribution in [0.5, 0.6) is 0 Å². The van der Waals surface area contributed by atoms with Gasteiger partial charge >= 0.3 is 5.97 Å². The molecule has 7 heteroatoms. The molecule has 0 unspecified atom stereocenters. The van der Waals surface area contributed by atoms with E-state index >= 15 is 0 Å². The van der Waals surface area contributed by atoms with Gasteiger partial charge < -0.3 is 18.2 Å². The van der Waals surface area contributed by atoms with E-state index in [1.807, 2.05) is 37.5 Å². The first-order valence-corrected chi connectivity index (χ1v) is 8.77. The summed E-state index contributed by atoms with van der Waals surface area (Å²) in [6.45, 7) is 7.51. The number of Topliss-reactive ketones (excluding diaryl/α,β-unsaturated/α-hetero) is 1. The molecule has 0 N–H and O–H groups in total. The molecule has 0 saturated carbocycles. The molecule has 0 spiro atoms. The number of esters is 1. The van der Waals surface area contributed by atoms with Crippen LogP contribution in [0.25, 0.3) is 0 Å². The van der Waals surface area contributed by atoms with Gasteiger partial charge in [-0.25, -0.2) is 4.79 Å². The lowest BCUT2D eigenvalue weighted by Crippen LogP contribution is -2.16. The highest BCUT2D eigenvalue weighted by atomic mass is 16.5. The fourth-order valence-corrected chi connectivity index (χ4v) is 3.09. The maximum atomic E-state index is 12.6. The molecular weight excluding hydrogens is 348 g/mol. The van der Waals surface area contributed by atoms with Gasteiger partial charge in [-0.2, -0.15) is 0 Å². The van der Waals surface area contributed by atoms with Crippen molar-refractivity contribution in [2.24, 2.45) is 0 Å². The summed E-state index contributed by atoms with van der Waals surface area (Å²) in [5.41, 5.74) is 3.10. The third-order valence-corrected chi connectivity index (χ3v) is 4.57. The molecule has 0 aliphatic rings. The van der Waals surface area contributed by atoms with Gasteiger partial charge in [0, 0.05) is 17.0 Å². The molecule has 3 aromatic heterocycles. The van der Waals surface area contributed by atoms with Crippen molar-refractivity contribution in [3.63, 3.8) is 0 Å². The molecule has 0 amide bonds. The molecule has 0 saturated heterocycles. The number of furan rings is 1. The standard InChI is InChI=1S/C20H22N2O5/c1-5-17-19(14(4)27-21-17)20(24)26-11-18(23)16-9-12(2)22(13(16)3)10-15-7-6-8-25-15/h6-9H,5,10-11H2,1-4H3. The second-order valence-corrected chi connectivity index (χ2v) is 6.36. The summed E-state index contributed by atoms with van der Waals surface area (Å²) in [7, 11) is 0. The topological polar surface area (TPSA) is 87.5 Å². The Kier molecular flexibility index (Phi) is 5.30. The smallest absolute Gasteiger partial charge is 0.344 e. The zero-order valence-corrected chi connectivity index (χ0v) is 15.9. The van der Waals surface area contributed by atoms with Crippen LogP contribution in [0.3, 0.4) is 0 Å². The normalized spacial score (nSPS) is 11.0. The maximum absolute atomic E-state index is 12.6. The Morgan fingerprint density at radius 3 is 2.70 bits per heavy atom. The van der Waals surface area contributed by atoms with Gasteiger partial charge in [0.1, 0.15) is 17.1 Å². The molecular formula is C20H22N2O5. The van der Waals surface area contributed by atoms with Gasteiger partial charge in [-0.05, 0) is 45.4 Å². The number of carbonyl (C=O) groups is 2. The number of hydrogen-bond acceptors (Lipinski definition) is 6. The van der Waals surface area contributed by atoms with E-state index in [9.17, 15) is 9.59 Å². The average Bonchev–Trinajstić information content (AvgIpc) is 3.35. The highest BCUT2D eigenvalue weighted by Gasteiger charge is 2.23. The third-order valence-electron chi connectivity index (χ3n) is 4.57. The van der Waals surface area contributed by atoms with Crippen LogP contribution >= 0.6 is 0 Å². The SMILES string of the molecule is CCc1noc(C)c1C(=O)OCC(=O)c1cc(C)n(Cc2ccco2)c1C. The largest absolute Gasteiger partial charge is 0.467 e. The van der Waals surface area contributed by atoms with Crippen molar-refractivity contribution in [1.29, 1.82) is 0 Å². The number of aryl methyl sites for hydroxylation is 3. The first-order valence-electron chi connectivity index (χ1n) is 8.77. The van der Waals surface area contributed by atoms with Crippen LogP contribution in [0.4, 0.5) is 0 Å². The van der Waals surface area contributed by atoms with E-state index in [4.69, 9.17) is 13.7 Å². The van der Waals surface area contributed by atoms with Gasteiger partial charge in [-0.1, -0.05) is 12.1 Å². The van der Waals surface area contributed by atoms with E-state index in [1.54, 1.807) is 19.3 Å². The van der Waals surface area contributed by atoms with Crippen molar-refractivity contribution >= 4 is 11.8 Å². The van der Waals surface area contributed by atoms with E-state index in [0.717, 1.165) is 17.1 Å². The van der Waals surface area contributed by atoms with Gasteiger partial charge in [-0.3, -0.25) is 4.79 Å². The lowest BCUT2D eigenvalue weighted by molar-refractivity contribution is 0.0472. The summed E-state index contributed by atoms with van der Waals surface area (Å²) in [6.07, 6.45) is 2.16. The Bertz CT molecular complexity index is 963. The minimum Gasteiger partial charge on any atom is -0.467 e.